The van der Waals surface area contributed by atoms with Crippen molar-refractivity contribution >= 4 is 46.6 Å². The molecule has 0 fully saturated rings. The van der Waals surface area contributed by atoms with Crippen molar-refractivity contribution in [3.63, 3.8) is 0 Å². The number of nitrogens with one attached hydrogen (secondary N) is 1. The number of nitrogens with zero attached hydrogens (tertiary/aromatic N) is 1. The molecule has 0 bridgehead atoms. The number of hydrogen-bond acceptors (Lipinski definition) is 3. The van der Waals surface area contributed by atoms with Crippen LogP contribution in [0.3, 0.4) is 0 Å². The fraction of sp³-hybridized carbons (Fsp3) is 0.391. The van der Waals surface area contributed by atoms with Gasteiger partial charge < -0.3 is 15.0 Å². The minimum absolute atomic E-state index is 0.0101. The maximum Gasteiger partial charge on any atom is 0.261 e. The van der Waals surface area contributed by atoms with Crippen LogP contribution < -0.4 is 10.1 Å². The molecule has 2 unspecified atom stereocenters. The molecule has 0 spiro atoms. The van der Waals surface area contributed by atoms with E-state index in [4.69, 9.17) is 39.5 Å². The monoisotopic (exact) mass is 484 g/mol. The third kappa shape index (κ3) is 7.03. The molecule has 5 nitrogen and oxygen atoms in total. The summed E-state index contributed by atoms with van der Waals surface area (Å²) in [4.78, 5) is 27.3. The molecule has 0 aromatic heterocycles. The molecule has 168 valence electrons. The molecule has 0 heterocycles. The molecular formula is C23H27Cl3N2O3. The van der Waals surface area contributed by atoms with E-state index in [0.717, 1.165) is 12.0 Å². The van der Waals surface area contributed by atoms with Gasteiger partial charge in [-0.1, -0.05) is 47.8 Å². The molecule has 31 heavy (non-hydrogen) atoms. The molecular weight excluding hydrogens is 459 g/mol. The smallest absolute Gasteiger partial charge is 0.261 e. The van der Waals surface area contributed by atoms with Gasteiger partial charge >= 0.3 is 0 Å². The number of carbonyl (C=O) groups is 2. The Morgan fingerprint density at radius 3 is 2.29 bits per heavy atom. The molecule has 0 saturated heterocycles. The molecule has 0 radical (unpaired) electrons. The van der Waals surface area contributed by atoms with E-state index in [-0.39, 0.29) is 31.0 Å². The first kappa shape index (κ1) is 25.3. The Balaban J connectivity index is 2.23. The summed E-state index contributed by atoms with van der Waals surface area (Å²) >= 11 is 18.7. The van der Waals surface area contributed by atoms with Gasteiger partial charge in [-0.25, -0.2) is 0 Å². The average molecular weight is 486 g/mol. The summed E-state index contributed by atoms with van der Waals surface area (Å²) in [5.74, 6) is -0.105. The number of rotatable bonds is 9. The van der Waals surface area contributed by atoms with Crippen LogP contribution in [0.4, 0.5) is 0 Å². The van der Waals surface area contributed by atoms with Crippen LogP contribution in [0.5, 0.6) is 5.75 Å². The predicted molar refractivity (Wildman–Crippen MR) is 126 cm³/mol. The lowest BCUT2D eigenvalue weighted by molar-refractivity contribution is -0.142. The van der Waals surface area contributed by atoms with Gasteiger partial charge in [-0.2, -0.15) is 0 Å². The Kier molecular flexibility index (Phi) is 9.48. The van der Waals surface area contributed by atoms with Crippen LogP contribution in [-0.4, -0.2) is 35.4 Å². The third-order valence-electron chi connectivity index (χ3n) is 5.05. The Morgan fingerprint density at radius 2 is 1.71 bits per heavy atom. The maximum atomic E-state index is 13.1. The number of aryl methyl sites for hydroxylation is 1. The highest BCUT2D eigenvalue weighted by atomic mass is 35.5. The highest BCUT2D eigenvalue weighted by Crippen LogP contribution is 2.27. The third-order valence-corrected chi connectivity index (χ3v) is 6.18. The molecule has 8 heteroatoms. The van der Waals surface area contributed by atoms with Gasteiger partial charge in [-0.3, -0.25) is 9.59 Å². The molecule has 1 N–H and O–H groups in total. The Bertz CT molecular complexity index is 916. The summed E-state index contributed by atoms with van der Waals surface area (Å²) < 4.78 is 5.67. The van der Waals surface area contributed by atoms with Gasteiger partial charge in [0.1, 0.15) is 11.8 Å². The van der Waals surface area contributed by atoms with E-state index < -0.39 is 6.04 Å². The topological polar surface area (TPSA) is 58.6 Å². The zero-order valence-electron chi connectivity index (χ0n) is 18.0. The van der Waals surface area contributed by atoms with Gasteiger partial charge in [-0.05, 0) is 63.1 Å². The van der Waals surface area contributed by atoms with Crippen molar-refractivity contribution < 1.29 is 14.3 Å². The zero-order chi connectivity index (χ0) is 23.1. The van der Waals surface area contributed by atoms with Gasteiger partial charge in [0.05, 0.1) is 0 Å². The lowest BCUT2D eigenvalue weighted by Gasteiger charge is -2.30. The van der Waals surface area contributed by atoms with Crippen molar-refractivity contribution in [1.82, 2.24) is 10.2 Å². The predicted octanol–water partition coefficient (Wildman–Crippen LogP) is 5.67. The molecule has 2 rings (SSSR count). The second-order valence-corrected chi connectivity index (χ2v) is 8.64. The molecule has 2 aromatic rings. The van der Waals surface area contributed by atoms with E-state index in [9.17, 15) is 9.59 Å². The quantitative estimate of drug-likeness (QED) is 0.498. The van der Waals surface area contributed by atoms with Crippen molar-refractivity contribution in [3.8, 4) is 5.75 Å². The molecule has 2 amide bonds. The fourth-order valence-electron chi connectivity index (χ4n) is 2.84. The van der Waals surface area contributed by atoms with Gasteiger partial charge in [0.2, 0.25) is 5.91 Å². The Hall–Kier alpha value is -1.95. The van der Waals surface area contributed by atoms with E-state index in [2.05, 4.69) is 5.32 Å². The summed E-state index contributed by atoms with van der Waals surface area (Å²) in [6.45, 7) is 7.24. The maximum absolute atomic E-state index is 13.1. The molecule has 0 saturated carbocycles. The first-order valence-corrected chi connectivity index (χ1v) is 11.2. The number of ether oxygens (including phenoxy) is 1. The van der Waals surface area contributed by atoms with E-state index in [1.54, 1.807) is 43.3 Å². The zero-order valence-corrected chi connectivity index (χ0v) is 20.3. The Labute approximate surface area is 198 Å². The number of benzene rings is 2. The molecule has 0 aliphatic carbocycles. The average Bonchev–Trinajstić information content (AvgIpc) is 2.73. The van der Waals surface area contributed by atoms with Gasteiger partial charge in [0.25, 0.3) is 5.91 Å². The van der Waals surface area contributed by atoms with Crippen LogP contribution in [0.15, 0.2) is 36.4 Å². The minimum atomic E-state index is -0.746. The van der Waals surface area contributed by atoms with Crippen LogP contribution in [0.2, 0.25) is 15.1 Å². The van der Waals surface area contributed by atoms with Crippen molar-refractivity contribution in [2.24, 2.45) is 0 Å². The van der Waals surface area contributed by atoms with Crippen molar-refractivity contribution in [2.45, 2.75) is 52.7 Å². The Morgan fingerprint density at radius 1 is 1.06 bits per heavy atom. The normalized spacial score (nSPS) is 12.7. The van der Waals surface area contributed by atoms with Crippen molar-refractivity contribution in [2.75, 3.05) is 6.61 Å². The number of hydrogen-bond donors (Lipinski definition) is 1. The summed E-state index contributed by atoms with van der Waals surface area (Å²) in [5.41, 5.74) is 1.41. The van der Waals surface area contributed by atoms with Crippen molar-refractivity contribution in [1.29, 1.82) is 0 Å². The molecule has 0 aliphatic rings. The number of carbonyl (C=O) groups excluding carboxylic acids is 2. The van der Waals surface area contributed by atoms with E-state index in [0.29, 0.717) is 26.4 Å². The summed E-state index contributed by atoms with van der Waals surface area (Å²) in [7, 11) is 0. The summed E-state index contributed by atoms with van der Waals surface area (Å²) in [5, 5.41) is 4.38. The van der Waals surface area contributed by atoms with Gasteiger partial charge in [-0.15, -0.1) is 0 Å². The van der Waals surface area contributed by atoms with E-state index in [1.165, 1.54) is 4.90 Å². The van der Waals surface area contributed by atoms with Gasteiger partial charge in [0, 0.05) is 33.2 Å². The lowest BCUT2D eigenvalue weighted by Crippen LogP contribution is -2.50. The second-order valence-electron chi connectivity index (χ2n) is 7.42. The highest BCUT2D eigenvalue weighted by Gasteiger charge is 2.28. The standard InChI is InChI=1S/C23H27Cl3N2O3/c1-5-15(3)27-23(30)16(4)28(12-18-20(25)7-6-8-21(18)26)22(29)13-31-17-9-10-19(24)14(2)11-17/h6-11,15-16H,5,12-13H2,1-4H3,(H,27,30). The highest BCUT2D eigenvalue weighted by molar-refractivity contribution is 6.36. The van der Waals surface area contributed by atoms with Crippen molar-refractivity contribution in [3.05, 3.63) is 62.6 Å². The van der Waals surface area contributed by atoms with Crippen LogP contribution in [-0.2, 0) is 16.1 Å². The summed E-state index contributed by atoms with van der Waals surface area (Å²) in [6.07, 6.45) is 0.780. The SMILES string of the molecule is CCC(C)NC(=O)C(C)N(Cc1c(Cl)cccc1Cl)C(=O)COc1ccc(Cl)c(C)c1. The minimum Gasteiger partial charge on any atom is -0.484 e. The van der Waals surface area contributed by atoms with Crippen LogP contribution in [0, 0.1) is 6.92 Å². The van der Waals surface area contributed by atoms with Crippen LogP contribution >= 0.6 is 34.8 Å². The molecule has 2 atom stereocenters. The first-order chi connectivity index (χ1) is 14.6. The molecule has 2 aromatic carbocycles. The summed E-state index contributed by atoms with van der Waals surface area (Å²) in [6, 6.07) is 9.52. The first-order valence-electron chi connectivity index (χ1n) is 10.1. The number of halogens is 3. The number of amides is 2. The van der Waals surface area contributed by atoms with Crippen LogP contribution in [0.1, 0.15) is 38.3 Å². The van der Waals surface area contributed by atoms with Crippen LogP contribution in [0.25, 0.3) is 0 Å². The van der Waals surface area contributed by atoms with E-state index in [1.807, 2.05) is 20.8 Å². The lowest BCUT2D eigenvalue weighted by atomic mass is 10.1. The fourth-order valence-corrected chi connectivity index (χ4v) is 3.47. The van der Waals surface area contributed by atoms with E-state index >= 15 is 0 Å². The second kappa shape index (κ2) is 11.6. The largest absolute Gasteiger partial charge is 0.484 e. The van der Waals surface area contributed by atoms with Gasteiger partial charge in [0.15, 0.2) is 6.61 Å². The molecule has 0 aliphatic heterocycles.